The number of aromatic nitrogens is 1. The Bertz CT molecular complexity index is 598. The fourth-order valence-corrected chi connectivity index (χ4v) is 2.02. The fraction of sp³-hybridized carbons (Fsp3) is 0. The van der Waals surface area contributed by atoms with Crippen LogP contribution in [0, 0.1) is 0 Å². The van der Waals surface area contributed by atoms with Crippen molar-refractivity contribution in [1.82, 2.24) is 4.98 Å². The van der Waals surface area contributed by atoms with E-state index in [-0.39, 0.29) is 16.5 Å². The van der Waals surface area contributed by atoms with Gasteiger partial charge in [-0.05, 0) is 18.2 Å². The lowest BCUT2D eigenvalue weighted by Crippen LogP contribution is -2.12. The first-order valence-corrected chi connectivity index (χ1v) is 6.12. The van der Waals surface area contributed by atoms with Gasteiger partial charge in [0.25, 0.3) is 5.91 Å². The largest absolute Gasteiger partial charge is 0.478 e. The van der Waals surface area contributed by atoms with E-state index in [2.05, 4.69) is 10.3 Å². The summed E-state index contributed by atoms with van der Waals surface area (Å²) in [4.78, 5) is 26.3. The Morgan fingerprint density at radius 1 is 1.39 bits per heavy atom. The predicted molar refractivity (Wildman–Crippen MR) is 68.5 cm³/mol. The van der Waals surface area contributed by atoms with Crippen molar-refractivity contribution in [1.29, 1.82) is 0 Å². The Morgan fingerprint density at radius 3 is 2.72 bits per heavy atom. The molecule has 0 saturated heterocycles. The summed E-state index contributed by atoms with van der Waals surface area (Å²) in [5.74, 6) is -1.46. The number of hydrogen-bond donors (Lipinski definition) is 2. The van der Waals surface area contributed by atoms with E-state index in [9.17, 15) is 9.59 Å². The van der Waals surface area contributed by atoms with Gasteiger partial charge in [-0.15, -0.1) is 11.3 Å². The number of carbonyl (C=O) groups excluding carboxylic acids is 1. The number of benzene rings is 1. The molecule has 0 saturated carbocycles. The molecule has 1 aromatic heterocycles. The zero-order valence-corrected chi connectivity index (χ0v) is 10.5. The second-order valence-electron chi connectivity index (χ2n) is 3.33. The van der Waals surface area contributed by atoms with Crippen LogP contribution in [0.4, 0.5) is 5.69 Å². The normalized spacial score (nSPS) is 10.1. The molecule has 0 spiro atoms. The Kier molecular flexibility index (Phi) is 3.59. The van der Waals surface area contributed by atoms with E-state index >= 15 is 0 Å². The van der Waals surface area contributed by atoms with Gasteiger partial charge in [-0.2, -0.15) is 0 Å². The van der Waals surface area contributed by atoms with E-state index < -0.39 is 5.97 Å². The number of aromatic carboxylic acids is 1. The Labute approximate surface area is 111 Å². The van der Waals surface area contributed by atoms with Crippen molar-refractivity contribution in [2.24, 2.45) is 0 Å². The second kappa shape index (κ2) is 5.16. The number of halogens is 1. The Balaban J connectivity index is 2.20. The molecule has 0 aliphatic carbocycles. The number of anilines is 1. The molecule has 0 fully saturated rings. The van der Waals surface area contributed by atoms with Gasteiger partial charge < -0.3 is 10.4 Å². The van der Waals surface area contributed by atoms with Gasteiger partial charge in [-0.1, -0.05) is 11.6 Å². The van der Waals surface area contributed by atoms with E-state index in [4.69, 9.17) is 16.7 Å². The first kappa shape index (κ1) is 12.5. The van der Waals surface area contributed by atoms with Crippen LogP contribution in [0.25, 0.3) is 0 Å². The van der Waals surface area contributed by atoms with Gasteiger partial charge in [0.15, 0.2) is 0 Å². The first-order valence-electron chi connectivity index (χ1n) is 4.80. The molecule has 92 valence electrons. The van der Waals surface area contributed by atoms with Crippen LogP contribution in [-0.4, -0.2) is 22.0 Å². The van der Waals surface area contributed by atoms with Crippen molar-refractivity contribution in [2.75, 3.05) is 5.32 Å². The predicted octanol–water partition coefficient (Wildman–Crippen LogP) is 2.75. The third kappa shape index (κ3) is 2.66. The third-order valence-electron chi connectivity index (χ3n) is 2.13. The number of carboxylic acids is 1. The molecule has 18 heavy (non-hydrogen) atoms. The van der Waals surface area contributed by atoms with Gasteiger partial charge in [-0.25, -0.2) is 9.78 Å². The number of carboxylic acid groups (broad SMARTS) is 1. The molecule has 0 unspecified atom stereocenters. The van der Waals surface area contributed by atoms with Crippen LogP contribution in [0.15, 0.2) is 29.1 Å². The molecule has 1 aromatic carbocycles. The highest BCUT2D eigenvalue weighted by molar-refractivity contribution is 7.07. The van der Waals surface area contributed by atoms with Gasteiger partial charge in [0.05, 0.1) is 21.8 Å². The zero-order chi connectivity index (χ0) is 13.1. The van der Waals surface area contributed by atoms with E-state index in [1.165, 1.54) is 29.5 Å². The van der Waals surface area contributed by atoms with Crippen molar-refractivity contribution >= 4 is 40.5 Å². The molecule has 1 heterocycles. The van der Waals surface area contributed by atoms with Crippen LogP contribution >= 0.6 is 22.9 Å². The molecule has 2 rings (SSSR count). The number of carbonyl (C=O) groups is 2. The summed E-state index contributed by atoms with van der Waals surface area (Å²) < 4.78 is 0. The Hall–Kier alpha value is -1.92. The monoisotopic (exact) mass is 282 g/mol. The molecule has 5 nitrogen and oxygen atoms in total. The first-order chi connectivity index (χ1) is 8.58. The van der Waals surface area contributed by atoms with E-state index in [1.807, 2.05) is 0 Å². The SMILES string of the molecule is O=C(O)c1ccc(NC(=O)c2cscn2)c(Cl)c1. The summed E-state index contributed by atoms with van der Waals surface area (Å²) >= 11 is 7.19. The number of amides is 1. The summed E-state index contributed by atoms with van der Waals surface area (Å²) in [7, 11) is 0. The minimum atomic E-state index is -1.07. The summed E-state index contributed by atoms with van der Waals surface area (Å²) in [6, 6.07) is 4.08. The molecule has 0 radical (unpaired) electrons. The smallest absolute Gasteiger partial charge is 0.335 e. The standard InChI is InChI=1S/C11H7ClN2O3S/c12-7-3-6(11(16)17)1-2-8(7)14-10(15)9-4-18-5-13-9/h1-5H,(H,14,15)(H,16,17). The number of nitrogens with zero attached hydrogens (tertiary/aromatic N) is 1. The van der Waals surface area contributed by atoms with Crippen LogP contribution in [0.2, 0.25) is 5.02 Å². The molecule has 7 heteroatoms. The van der Waals surface area contributed by atoms with E-state index in [0.717, 1.165) is 0 Å². The number of rotatable bonds is 3. The van der Waals surface area contributed by atoms with Crippen molar-refractivity contribution in [3.63, 3.8) is 0 Å². The van der Waals surface area contributed by atoms with Crippen LogP contribution < -0.4 is 5.32 Å². The van der Waals surface area contributed by atoms with Crippen LogP contribution in [0.3, 0.4) is 0 Å². The van der Waals surface area contributed by atoms with Crippen LogP contribution in [0.1, 0.15) is 20.8 Å². The van der Waals surface area contributed by atoms with Gasteiger partial charge in [0.1, 0.15) is 5.69 Å². The third-order valence-corrected chi connectivity index (χ3v) is 3.03. The van der Waals surface area contributed by atoms with Crippen molar-refractivity contribution in [2.45, 2.75) is 0 Å². The maximum Gasteiger partial charge on any atom is 0.335 e. The molecular weight excluding hydrogens is 276 g/mol. The maximum absolute atomic E-state index is 11.7. The van der Waals surface area contributed by atoms with Gasteiger partial charge in [0.2, 0.25) is 0 Å². The van der Waals surface area contributed by atoms with Crippen LogP contribution in [-0.2, 0) is 0 Å². The number of hydrogen-bond acceptors (Lipinski definition) is 4. The molecular formula is C11H7ClN2O3S. The highest BCUT2D eigenvalue weighted by atomic mass is 35.5. The maximum atomic E-state index is 11.7. The van der Waals surface area contributed by atoms with E-state index in [1.54, 1.807) is 10.9 Å². The minimum Gasteiger partial charge on any atom is -0.478 e. The fourth-order valence-electron chi connectivity index (χ4n) is 1.26. The van der Waals surface area contributed by atoms with Crippen molar-refractivity contribution < 1.29 is 14.7 Å². The zero-order valence-electron chi connectivity index (χ0n) is 8.88. The average Bonchev–Trinajstić information content (AvgIpc) is 2.85. The highest BCUT2D eigenvalue weighted by Crippen LogP contribution is 2.23. The quantitative estimate of drug-likeness (QED) is 0.907. The molecule has 0 bridgehead atoms. The second-order valence-corrected chi connectivity index (χ2v) is 4.45. The lowest BCUT2D eigenvalue weighted by molar-refractivity contribution is 0.0696. The lowest BCUT2D eigenvalue weighted by atomic mass is 10.2. The summed E-state index contributed by atoms with van der Waals surface area (Å²) in [5.41, 5.74) is 2.24. The topological polar surface area (TPSA) is 79.3 Å². The lowest BCUT2D eigenvalue weighted by Gasteiger charge is -2.06. The summed E-state index contributed by atoms with van der Waals surface area (Å²) in [6.45, 7) is 0. The van der Waals surface area contributed by atoms with Crippen molar-refractivity contribution in [3.8, 4) is 0 Å². The molecule has 1 amide bonds. The highest BCUT2D eigenvalue weighted by Gasteiger charge is 2.12. The molecule has 0 aliphatic heterocycles. The molecule has 0 atom stereocenters. The molecule has 2 N–H and O–H groups in total. The number of thiazole rings is 1. The van der Waals surface area contributed by atoms with Crippen LogP contribution in [0.5, 0.6) is 0 Å². The van der Waals surface area contributed by atoms with Crippen molar-refractivity contribution in [3.05, 3.63) is 45.4 Å². The van der Waals surface area contributed by atoms with Gasteiger partial charge in [-0.3, -0.25) is 4.79 Å². The van der Waals surface area contributed by atoms with Gasteiger partial charge in [0, 0.05) is 5.38 Å². The number of nitrogens with one attached hydrogen (secondary N) is 1. The van der Waals surface area contributed by atoms with Gasteiger partial charge >= 0.3 is 5.97 Å². The Morgan fingerprint density at radius 2 is 2.17 bits per heavy atom. The summed E-state index contributed by atoms with van der Waals surface area (Å²) in [5, 5.41) is 13.1. The molecule has 0 aliphatic rings. The molecule has 2 aromatic rings. The summed E-state index contributed by atoms with van der Waals surface area (Å²) in [6.07, 6.45) is 0. The van der Waals surface area contributed by atoms with E-state index in [0.29, 0.717) is 11.4 Å². The average molecular weight is 283 g/mol. The minimum absolute atomic E-state index is 0.0617.